The maximum absolute atomic E-state index is 11.4. The van der Waals surface area contributed by atoms with Crippen LogP contribution in [0.1, 0.15) is 22.8 Å². The van der Waals surface area contributed by atoms with Gasteiger partial charge in [0.15, 0.2) is 5.16 Å². The zero-order valence-corrected chi connectivity index (χ0v) is 10.7. The lowest BCUT2D eigenvalue weighted by Gasteiger charge is -2.03. The summed E-state index contributed by atoms with van der Waals surface area (Å²) in [4.78, 5) is 15.5. The highest BCUT2D eigenvalue weighted by atomic mass is 32.2. The maximum Gasteiger partial charge on any atom is 0.338 e. The van der Waals surface area contributed by atoms with Crippen molar-refractivity contribution in [1.82, 2.24) is 15.2 Å². The number of carbonyl (C=O) groups is 1. The van der Waals surface area contributed by atoms with Crippen molar-refractivity contribution in [1.29, 1.82) is 0 Å². The van der Waals surface area contributed by atoms with Gasteiger partial charge in [0.25, 0.3) is 0 Å². The summed E-state index contributed by atoms with van der Waals surface area (Å²) in [6.07, 6.45) is 1.48. The van der Waals surface area contributed by atoms with Gasteiger partial charge < -0.3 is 4.74 Å². The highest BCUT2D eigenvalue weighted by Gasteiger charge is 2.05. The Morgan fingerprint density at radius 2 is 2.17 bits per heavy atom. The molecule has 0 spiro atoms. The summed E-state index contributed by atoms with van der Waals surface area (Å²) in [5.41, 5.74) is 1.69. The van der Waals surface area contributed by atoms with Crippen LogP contribution < -0.4 is 0 Å². The number of hydrogen-bond acceptors (Lipinski definition) is 5. The molecule has 94 valence electrons. The van der Waals surface area contributed by atoms with Crippen molar-refractivity contribution < 1.29 is 9.53 Å². The van der Waals surface area contributed by atoms with E-state index in [1.807, 2.05) is 12.1 Å². The minimum absolute atomic E-state index is 0.285. The number of carbonyl (C=O) groups excluding carboxylic acids is 1. The van der Waals surface area contributed by atoms with Crippen LogP contribution in [0, 0.1) is 0 Å². The van der Waals surface area contributed by atoms with Crippen LogP contribution in [0.5, 0.6) is 0 Å². The highest BCUT2D eigenvalue weighted by molar-refractivity contribution is 7.98. The van der Waals surface area contributed by atoms with Gasteiger partial charge in [-0.15, -0.1) is 0 Å². The number of benzene rings is 1. The second-order valence-corrected chi connectivity index (χ2v) is 4.46. The standard InChI is InChI=1S/C12H13N3O2S/c1-2-17-11(16)10-5-3-9(4-6-10)7-18-12-13-8-14-15-12/h3-6,8H,2,7H2,1H3,(H,13,14,15). The van der Waals surface area contributed by atoms with E-state index in [9.17, 15) is 4.79 Å². The van der Waals surface area contributed by atoms with E-state index in [4.69, 9.17) is 4.74 Å². The van der Waals surface area contributed by atoms with Crippen LogP contribution in [-0.2, 0) is 10.5 Å². The normalized spacial score (nSPS) is 10.3. The average molecular weight is 263 g/mol. The third kappa shape index (κ3) is 3.33. The molecule has 18 heavy (non-hydrogen) atoms. The monoisotopic (exact) mass is 263 g/mol. The SMILES string of the molecule is CCOC(=O)c1ccc(CSc2ncn[nH]2)cc1. The molecule has 0 saturated heterocycles. The van der Waals surface area contributed by atoms with E-state index in [2.05, 4.69) is 15.2 Å². The number of rotatable bonds is 5. The van der Waals surface area contributed by atoms with Crippen molar-refractivity contribution in [3.8, 4) is 0 Å². The third-order valence-corrected chi connectivity index (χ3v) is 3.18. The Morgan fingerprint density at radius 1 is 1.39 bits per heavy atom. The summed E-state index contributed by atoms with van der Waals surface area (Å²) in [5, 5.41) is 7.34. The summed E-state index contributed by atoms with van der Waals surface area (Å²) in [5.74, 6) is 0.491. The van der Waals surface area contributed by atoms with E-state index in [-0.39, 0.29) is 5.97 Å². The lowest BCUT2D eigenvalue weighted by Crippen LogP contribution is -2.04. The number of aromatic amines is 1. The molecule has 0 amide bonds. The van der Waals surface area contributed by atoms with Crippen molar-refractivity contribution in [2.24, 2.45) is 0 Å². The minimum atomic E-state index is -0.285. The second kappa shape index (κ2) is 6.20. The number of H-pyrrole nitrogens is 1. The average Bonchev–Trinajstić information content (AvgIpc) is 2.90. The van der Waals surface area contributed by atoms with Crippen LogP contribution in [0.15, 0.2) is 35.7 Å². The number of nitrogens with one attached hydrogen (secondary N) is 1. The van der Waals surface area contributed by atoms with E-state index in [0.29, 0.717) is 12.2 Å². The van der Waals surface area contributed by atoms with Crippen molar-refractivity contribution in [3.05, 3.63) is 41.7 Å². The molecule has 1 aromatic heterocycles. The fraction of sp³-hybridized carbons (Fsp3) is 0.250. The molecule has 0 fully saturated rings. The highest BCUT2D eigenvalue weighted by Crippen LogP contribution is 2.18. The van der Waals surface area contributed by atoms with E-state index in [1.54, 1.807) is 30.8 Å². The van der Waals surface area contributed by atoms with Crippen molar-refractivity contribution in [2.45, 2.75) is 17.8 Å². The molecule has 1 N–H and O–H groups in total. The van der Waals surface area contributed by atoms with E-state index < -0.39 is 0 Å². The zero-order valence-electron chi connectivity index (χ0n) is 9.92. The van der Waals surface area contributed by atoms with Gasteiger partial charge in [-0.2, -0.15) is 5.10 Å². The Labute approximate surface area is 109 Å². The molecule has 1 heterocycles. The van der Waals surface area contributed by atoms with Gasteiger partial charge in [0.2, 0.25) is 0 Å². The first-order valence-corrected chi connectivity index (χ1v) is 6.52. The Hall–Kier alpha value is -1.82. The molecule has 0 bridgehead atoms. The second-order valence-electron chi connectivity index (χ2n) is 3.50. The van der Waals surface area contributed by atoms with Gasteiger partial charge in [0.1, 0.15) is 6.33 Å². The molecular formula is C12H13N3O2S. The largest absolute Gasteiger partial charge is 0.462 e. The Kier molecular flexibility index (Phi) is 4.35. The van der Waals surface area contributed by atoms with Crippen LogP contribution in [0.4, 0.5) is 0 Å². The van der Waals surface area contributed by atoms with Crippen molar-refractivity contribution >= 4 is 17.7 Å². The van der Waals surface area contributed by atoms with Crippen LogP contribution in [-0.4, -0.2) is 27.8 Å². The third-order valence-electron chi connectivity index (χ3n) is 2.23. The van der Waals surface area contributed by atoms with Crippen LogP contribution in [0.2, 0.25) is 0 Å². The molecule has 0 radical (unpaired) electrons. The van der Waals surface area contributed by atoms with Gasteiger partial charge in [-0.25, -0.2) is 9.78 Å². The summed E-state index contributed by atoms with van der Waals surface area (Å²) in [7, 11) is 0. The van der Waals surface area contributed by atoms with Crippen molar-refractivity contribution in [2.75, 3.05) is 6.61 Å². The first-order chi connectivity index (χ1) is 8.79. The first-order valence-electron chi connectivity index (χ1n) is 5.54. The zero-order chi connectivity index (χ0) is 12.8. The molecule has 1 aromatic carbocycles. The van der Waals surface area contributed by atoms with Gasteiger partial charge in [0.05, 0.1) is 12.2 Å². The molecule has 2 rings (SSSR count). The number of nitrogens with zero attached hydrogens (tertiary/aromatic N) is 2. The number of ether oxygens (including phenoxy) is 1. The molecule has 0 saturated carbocycles. The molecular weight excluding hydrogens is 250 g/mol. The van der Waals surface area contributed by atoms with Gasteiger partial charge in [-0.1, -0.05) is 23.9 Å². The lowest BCUT2D eigenvalue weighted by atomic mass is 10.1. The topological polar surface area (TPSA) is 67.9 Å². The summed E-state index contributed by atoms with van der Waals surface area (Å²) >= 11 is 1.56. The van der Waals surface area contributed by atoms with Gasteiger partial charge >= 0.3 is 5.97 Å². The fourth-order valence-corrected chi connectivity index (χ4v) is 2.10. The van der Waals surface area contributed by atoms with Crippen LogP contribution in [0.3, 0.4) is 0 Å². The van der Waals surface area contributed by atoms with E-state index in [1.165, 1.54) is 6.33 Å². The number of aromatic nitrogens is 3. The molecule has 0 unspecified atom stereocenters. The van der Waals surface area contributed by atoms with Gasteiger partial charge in [-0.3, -0.25) is 5.10 Å². The quantitative estimate of drug-likeness (QED) is 0.662. The number of esters is 1. The minimum Gasteiger partial charge on any atom is -0.462 e. The predicted molar refractivity (Wildman–Crippen MR) is 68.3 cm³/mol. The Morgan fingerprint density at radius 3 is 2.78 bits per heavy atom. The fourth-order valence-electron chi connectivity index (χ4n) is 1.37. The van der Waals surface area contributed by atoms with Crippen LogP contribution in [0.25, 0.3) is 0 Å². The maximum atomic E-state index is 11.4. The summed E-state index contributed by atoms with van der Waals surface area (Å²) in [6.45, 7) is 2.18. The molecule has 5 nitrogen and oxygen atoms in total. The molecule has 0 aliphatic carbocycles. The number of hydrogen-bond donors (Lipinski definition) is 1. The van der Waals surface area contributed by atoms with Crippen LogP contribution >= 0.6 is 11.8 Å². The lowest BCUT2D eigenvalue weighted by molar-refractivity contribution is 0.0526. The molecule has 0 atom stereocenters. The van der Waals surface area contributed by atoms with E-state index in [0.717, 1.165) is 16.5 Å². The van der Waals surface area contributed by atoms with Crippen molar-refractivity contribution in [3.63, 3.8) is 0 Å². The molecule has 2 aromatic rings. The first kappa shape index (κ1) is 12.6. The predicted octanol–water partition coefficient (Wildman–Crippen LogP) is 2.27. The van der Waals surface area contributed by atoms with Gasteiger partial charge in [0, 0.05) is 5.75 Å². The van der Waals surface area contributed by atoms with Gasteiger partial charge in [-0.05, 0) is 24.6 Å². The molecule has 0 aliphatic rings. The smallest absolute Gasteiger partial charge is 0.338 e. The molecule has 0 aliphatic heterocycles. The molecule has 6 heteroatoms. The summed E-state index contributed by atoms with van der Waals surface area (Å²) < 4.78 is 4.92. The Bertz CT molecular complexity index is 497. The summed E-state index contributed by atoms with van der Waals surface area (Å²) in [6, 6.07) is 7.37. The number of thioether (sulfide) groups is 1. The Balaban J connectivity index is 1.93. The van der Waals surface area contributed by atoms with E-state index >= 15 is 0 Å².